The van der Waals surface area contributed by atoms with Gasteiger partial charge in [0.1, 0.15) is 18.1 Å². The van der Waals surface area contributed by atoms with E-state index in [-0.39, 0.29) is 30.8 Å². The van der Waals surface area contributed by atoms with E-state index in [1.54, 1.807) is 13.8 Å². The number of carboxylic acid groups (broad SMARTS) is 1. The third-order valence-corrected chi connectivity index (χ3v) is 4.62. The molecule has 0 bridgehead atoms. The quantitative estimate of drug-likeness (QED) is 0.0935. The van der Waals surface area contributed by atoms with E-state index in [1.807, 2.05) is 13.8 Å². The van der Waals surface area contributed by atoms with Crippen molar-refractivity contribution in [2.24, 2.45) is 34.0 Å². The zero-order valence-corrected chi connectivity index (χ0v) is 19.6. The molecule has 3 amide bonds. The van der Waals surface area contributed by atoms with Crippen molar-refractivity contribution in [3.05, 3.63) is 0 Å². The predicted molar refractivity (Wildman–Crippen MR) is 121 cm³/mol. The molecule has 0 spiro atoms. The summed E-state index contributed by atoms with van der Waals surface area (Å²) in [4.78, 5) is 52.8. The number of amides is 3. The van der Waals surface area contributed by atoms with E-state index < -0.39 is 47.9 Å². The molecule has 32 heavy (non-hydrogen) atoms. The molecule has 0 aliphatic carbocycles. The summed E-state index contributed by atoms with van der Waals surface area (Å²) < 4.78 is 0. The first-order chi connectivity index (χ1) is 14.8. The van der Waals surface area contributed by atoms with Crippen LogP contribution in [0, 0.1) is 11.8 Å². The number of hydrogen-bond acceptors (Lipinski definition) is 6. The van der Waals surface area contributed by atoms with Crippen LogP contribution in [0.2, 0.25) is 0 Å². The molecule has 10 N–H and O–H groups in total. The van der Waals surface area contributed by atoms with Crippen molar-refractivity contribution in [3.63, 3.8) is 0 Å². The monoisotopic (exact) mass is 457 g/mol. The topological polar surface area (TPSA) is 215 Å². The van der Waals surface area contributed by atoms with E-state index in [2.05, 4.69) is 20.9 Å². The number of carboxylic acids is 1. The Hall–Kier alpha value is -2.89. The van der Waals surface area contributed by atoms with Crippen LogP contribution in [0.1, 0.15) is 53.9 Å². The standard InChI is InChI=1S/C20H39N7O5/c1-10(2)9-13(21)16(28)27-15(11(3)4)18(30)26-14(7-6-8-24-20(22)23)17(29)25-12(5)19(31)32/h10-15H,6-9,21H2,1-5H3,(H,25,29)(H,26,30)(H,27,28)(H,31,32)(H4,22,23,24). The Morgan fingerprint density at radius 1 is 0.906 bits per heavy atom. The number of hydrogen-bond donors (Lipinski definition) is 7. The van der Waals surface area contributed by atoms with Gasteiger partial charge in [0.15, 0.2) is 5.96 Å². The summed E-state index contributed by atoms with van der Waals surface area (Å²) in [5.41, 5.74) is 16.5. The Labute approximate surface area is 189 Å². The summed E-state index contributed by atoms with van der Waals surface area (Å²) in [6.45, 7) is 8.90. The van der Waals surface area contributed by atoms with Gasteiger partial charge in [-0.1, -0.05) is 27.7 Å². The minimum atomic E-state index is -1.21. The number of rotatable bonds is 14. The summed E-state index contributed by atoms with van der Waals surface area (Å²) >= 11 is 0. The Bertz CT molecular complexity index is 677. The molecular formula is C20H39N7O5. The summed E-state index contributed by atoms with van der Waals surface area (Å²) in [7, 11) is 0. The minimum absolute atomic E-state index is 0.102. The maximum Gasteiger partial charge on any atom is 0.325 e. The van der Waals surface area contributed by atoms with Crippen LogP contribution in [0.3, 0.4) is 0 Å². The van der Waals surface area contributed by atoms with Crippen molar-refractivity contribution in [3.8, 4) is 0 Å². The van der Waals surface area contributed by atoms with Crippen LogP contribution in [0.4, 0.5) is 0 Å². The van der Waals surface area contributed by atoms with Crippen molar-refractivity contribution in [2.45, 2.75) is 78.0 Å². The predicted octanol–water partition coefficient (Wildman–Crippen LogP) is -1.37. The van der Waals surface area contributed by atoms with Gasteiger partial charge in [-0.15, -0.1) is 0 Å². The molecule has 0 heterocycles. The lowest BCUT2D eigenvalue weighted by Crippen LogP contribution is -2.58. The van der Waals surface area contributed by atoms with Gasteiger partial charge in [0.2, 0.25) is 17.7 Å². The highest BCUT2D eigenvalue weighted by Crippen LogP contribution is 2.08. The summed E-state index contributed by atoms with van der Waals surface area (Å²) in [6.07, 6.45) is 0.975. The Kier molecular flexibility index (Phi) is 12.9. The Morgan fingerprint density at radius 3 is 1.97 bits per heavy atom. The van der Waals surface area contributed by atoms with E-state index >= 15 is 0 Å². The van der Waals surface area contributed by atoms with Crippen LogP contribution in [0.5, 0.6) is 0 Å². The largest absolute Gasteiger partial charge is 0.480 e. The molecule has 0 rings (SSSR count). The summed E-state index contributed by atoms with van der Waals surface area (Å²) in [5.74, 6) is -3.09. The van der Waals surface area contributed by atoms with Gasteiger partial charge in [0, 0.05) is 6.54 Å². The molecule has 0 aromatic rings. The number of aliphatic carboxylic acids is 1. The molecule has 12 nitrogen and oxygen atoms in total. The molecule has 0 aromatic heterocycles. The lowest BCUT2D eigenvalue weighted by molar-refractivity contribution is -0.142. The number of carbonyl (C=O) groups excluding carboxylic acids is 3. The number of aliphatic imine (C=N–C) groups is 1. The molecule has 0 radical (unpaired) electrons. The van der Waals surface area contributed by atoms with Crippen molar-refractivity contribution < 1.29 is 24.3 Å². The molecule has 0 saturated carbocycles. The zero-order valence-electron chi connectivity index (χ0n) is 19.6. The molecule has 0 aliphatic rings. The van der Waals surface area contributed by atoms with Gasteiger partial charge < -0.3 is 38.3 Å². The van der Waals surface area contributed by atoms with Crippen LogP contribution in [-0.2, 0) is 19.2 Å². The van der Waals surface area contributed by atoms with Crippen molar-refractivity contribution in [1.82, 2.24) is 16.0 Å². The van der Waals surface area contributed by atoms with E-state index in [4.69, 9.17) is 22.3 Å². The number of nitrogens with two attached hydrogens (primary N) is 3. The minimum Gasteiger partial charge on any atom is -0.480 e. The normalized spacial score (nSPS) is 14.8. The molecule has 0 aliphatic heterocycles. The maximum absolute atomic E-state index is 12.9. The molecule has 4 unspecified atom stereocenters. The molecular weight excluding hydrogens is 418 g/mol. The lowest BCUT2D eigenvalue weighted by atomic mass is 9.99. The average Bonchev–Trinajstić information content (AvgIpc) is 2.66. The van der Waals surface area contributed by atoms with E-state index in [0.717, 1.165) is 0 Å². The van der Waals surface area contributed by atoms with E-state index in [9.17, 15) is 19.2 Å². The van der Waals surface area contributed by atoms with Gasteiger partial charge >= 0.3 is 5.97 Å². The first-order valence-corrected chi connectivity index (χ1v) is 10.7. The van der Waals surface area contributed by atoms with Gasteiger partial charge in [-0.05, 0) is 38.0 Å². The van der Waals surface area contributed by atoms with Crippen LogP contribution in [0.15, 0.2) is 4.99 Å². The third kappa shape index (κ3) is 11.5. The molecule has 4 atom stereocenters. The first-order valence-electron chi connectivity index (χ1n) is 10.7. The zero-order chi connectivity index (χ0) is 25.0. The number of nitrogens with zero attached hydrogens (tertiary/aromatic N) is 1. The average molecular weight is 458 g/mol. The number of carbonyl (C=O) groups is 4. The van der Waals surface area contributed by atoms with Crippen LogP contribution in [-0.4, -0.2) is 65.5 Å². The van der Waals surface area contributed by atoms with E-state index in [1.165, 1.54) is 6.92 Å². The maximum atomic E-state index is 12.9. The second kappa shape index (κ2) is 14.2. The van der Waals surface area contributed by atoms with Crippen LogP contribution >= 0.6 is 0 Å². The second-order valence-electron chi connectivity index (χ2n) is 8.54. The van der Waals surface area contributed by atoms with Gasteiger partial charge in [0.05, 0.1) is 6.04 Å². The van der Waals surface area contributed by atoms with Crippen molar-refractivity contribution >= 4 is 29.7 Å². The van der Waals surface area contributed by atoms with Crippen molar-refractivity contribution in [2.75, 3.05) is 6.54 Å². The summed E-state index contributed by atoms with van der Waals surface area (Å²) in [5, 5.41) is 16.6. The van der Waals surface area contributed by atoms with Gasteiger partial charge in [-0.25, -0.2) is 0 Å². The van der Waals surface area contributed by atoms with Crippen molar-refractivity contribution in [1.29, 1.82) is 0 Å². The fourth-order valence-corrected chi connectivity index (χ4v) is 2.82. The van der Waals surface area contributed by atoms with Crippen LogP contribution < -0.4 is 33.2 Å². The van der Waals surface area contributed by atoms with Gasteiger partial charge in [0.25, 0.3) is 0 Å². The van der Waals surface area contributed by atoms with Gasteiger partial charge in [-0.2, -0.15) is 0 Å². The lowest BCUT2D eigenvalue weighted by Gasteiger charge is -2.27. The molecule has 12 heteroatoms. The number of guanidine groups is 1. The second-order valence-corrected chi connectivity index (χ2v) is 8.54. The molecule has 0 aromatic carbocycles. The highest BCUT2D eigenvalue weighted by molar-refractivity contribution is 5.94. The van der Waals surface area contributed by atoms with Crippen LogP contribution in [0.25, 0.3) is 0 Å². The number of nitrogens with one attached hydrogen (secondary N) is 3. The fourth-order valence-electron chi connectivity index (χ4n) is 2.82. The first kappa shape index (κ1) is 29.1. The SMILES string of the molecule is CC(C)CC(N)C(=O)NC(C(=O)NC(CCCN=C(N)N)C(=O)NC(C)C(=O)O)C(C)C. The highest BCUT2D eigenvalue weighted by atomic mass is 16.4. The Balaban J connectivity index is 5.35. The third-order valence-electron chi connectivity index (χ3n) is 4.62. The Morgan fingerprint density at radius 2 is 1.50 bits per heavy atom. The summed E-state index contributed by atoms with van der Waals surface area (Å²) in [6, 6.07) is -3.88. The highest BCUT2D eigenvalue weighted by Gasteiger charge is 2.30. The van der Waals surface area contributed by atoms with E-state index in [0.29, 0.717) is 12.8 Å². The molecule has 0 saturated heterocycles. The fraction of sp³-hybridized carbons (Fsp3) is 0.750. The molecule has 0 fully saturated rings. The molecule has 184 valence electrons. The van der Waals surface area contributed by atoms with Gasteiger partial charge in [-0.3, -0.25) is 24.2 Å². The smallest absolute Gasteiger partial charge is 0.325 e.